The highest BCUT2D eigenvalue weighted by Crippen LogP contribution is 2.22. The Balaban J connectivity index is 0.00000144. The Morgan fingerprint density at radius 2 is 1.94 bits per heavy atom. The average Bonchev–Trinajstić information content (AvgIpc) is 2.81. The Kier molecular flexibility index (Phi) is 7.62. The van der Waals surface area contributed by atoms with Gasteiger partial charge in [0.1, 0.15) is 0 Å². The molecule has 4 nitrogen and oxygen atoms in total. The van der Waals surface area contributed by atoms with E-state index in [0.717, 1.165) is 26.2 Å². The molecule has 1 aromatic heterocycles. The maximum absolute atomic E-state index is 11.7. The number of piperazine rings is 1. The average molecular weight is 312 g/mol. The number of hydrogen-bond acceptors (Lipinski definition) is 4. The van der Waals surface area contributed by atoms with E-state index in [9.17, 15) is 4.79 Å². The largest absolute Gasteiger partial charge is 0.360 e. The first kappa shape index (κ1) is 17.5. The zero-order valence-corrected chi connectivity index (χ0v) is 12.7. The van der Waals surface area contributed by atoms with E-state index in [1.165, 1.54) is 5.00 Å². The zero-order valence-electron chi connectivity index (χ0n) is 10.2. The van der Waals surface area contributed by atoms with Gasteiger partial charge in [0.2, 0.25) is 5.91 Å². The molecule has 1 fully saturated rings. The number of halogens is 2. The van der Waals surface area contributed by atoms with Gasteiger partial charge < -0.3 is 15.5 Å². The van der Waals surface area contributed by atoms with Gasteiger partial charge in [-0.3, -0.25) is 4.79 Å². The van der Waals surface area contributed by atoms with Crippen LogP contribution in [0.3, 0.4) is 0 Å². The predicted molar refractivity (Wildman–Crippen MR) is 81.3 cm³/mol. The molecule has 2 N–H and O–H groups in total. The molecule has 2 rings (SSSR count). The molecule has 0 radical (unpaired) electrons. The van der Waals surface area contributed by atoms with Crippen LogP contribution in [0.25, 0.3) is 0 Å². The molecular weight excluding hydrogens is 293 g/mol. The molecule has 18 heavy (non-hydrogen) atoms. The summed E-state index contributed by atoms with van der Waals surface area (Å²) in [4.78, 5) is 15.8. The standard InChI is InChI=1S/C11H17N3OS.2ClH/c1-9(12)11(15)14-6-4-13(5-7-14)10-3-2-8-16-10;;/h2-3,8-9H,4-7,12H2,1H3;2*1H/t9-;;/m1../s1. The van der Waals surface area contributed by atoms with Crippen LogP contribution in [-0.4, -0.2) is 43.0 Å². The van der Waals surface area contributed by atoms with Crippen LogP contribution >= 0.6 is 36.2 Å². The van der Waals surface area contributed by atoms with Crippen molar-refractivity contribution in [3.05, 3.63) is 17.5 Å². The van der Waals surface area contributed by atoms with Crippen LogP contribution in [0, 0.1) is 0 Å². The molecule has 1 aromatic rings. The highest BCUT2D eigenvalue weighted by molar-refractivity contribution is 7.14. The summed E-state index contributed by atoms with van der Waals surface area (Å²) in [5.74, 6) is 0.0610. The predicted octanol–water partition coefficient (Wildman–Crippen LogP) is 1.59. The number of hydrogen-bond donors (Lipinski definition) is 1. The summed E-state index contributed by atoms with van der Waals surface area (Å²) in [5, 5.41) is 3.36. The molecule has 0 aromatic carbocycles. The van der Waals surface area contributed by atoms with Crippen LogP contribution in [0.5, 0.6) is 0 Å². The highest BCUT2D eigenvalue weighted by atomic mass is 35.5. The quantitative estimate of drug-likeness (QED) is 0.902. The van der Waals surface area contributed by atoms with Crippen molar-refractivity contribution in [2.75, 3.05) is 31.1 Å². The van der Waals surface area contributed by atoms with E-state index in [1.807, 2.05) is 4.90 Å². The molecule has 1 amide bonds. The Hall–Kier alpha value is -0.490. The number of nitrogens with two attached hydrogens (primary N) is 1. The summed E-state index contributed by atoms with van der Waals surface area (Å²) in [7, 11) is 0. The van der Waals surface area contributed by atoms with Gasteiger partial charge in [-0.2, -0.15) is 0 Å². The summed E-state index contributed by atoms with van der Waals surface area (Å²) in [6.07, 6.45) is 0. The lowest BCUT2D eigenvalue weighted by Crippen LogP contribution is -2.52. The first-order chi connectivity index (χ1) is 7.68. The minimum atomic E-state index is -0.381. The van der Waals surface area contributed by atoms with Crippen LogP contribution in [0.2, 0.25) is 0 Å². The molecule has 7 heteroatoms. The SMILES string of the molecule is C[C@@H](N)C(=O)N1CCN(c2cccs2)CC1.Cl.Cl. The summed E-state index contributed by atoms with van der Waals surface area (Å²) in [6.45, 7) is 5.10. The summed E-state index contributed by atoms with van der Waals surface area (Å²) in [6, 6.07) is 3.79. The van der Waals surface area contributed by atoms with Gasteiger partial charge in [-0.1, -0.05) is 0 Å². The number of nitrogens with zero attached hydrogens (tertiary/aromatic N) is 2. The van der Waals surface area contributed by atoms with E-state index in [-0.39, 0.29) is 36.8 Å². The maximum Gasteiger partial charge on any atom is 0.239 e. The van der Waals surface area contributed by atoms with Crippen molar-refractivity contribution in [1.29, 1.82) is 0 Å². The molecule has 1 aliphatic rings. The molecule has 1 aliphatic heterocycles. The third kappa shape index (κ3) is 4.02. The van der Waals surface area contributed by atoms with E-state index in [1.54, 1.807) is 18.3 Å². The van der Waals surface area contributed by atoms with Gasteiger partial charge in [0, 0.05) is 26.2 Å². The summed E-state index contributed by atoms with van der Waals surface area (Å²) >= 11 is 1.74. The van der Waals surface area contributed by atoms with Crippen LogP contribution in [-0.2, 0) is 4.79 Å². The first-order valence-corrected chi connectivity index (χ1v) is 6.39. The fourth-order valence-electron chi connectivity index (χ4n) is 1.89. The van der Waals surface area contributed by atoms with Crippen molar-refractivity contribution in [3.8, 4) is 0 Å². The molecule has 1 saturated heterocycles. The topological polar surface area (TPSA) is 49.6 Å². The lowest BCUT2D eigenvalue weighted by atomic mass is 10.2. The van der Waals surface area contributed by atoms with E-state index >= 15 is 0 Å². The van der Waals surface area contributed by atoms with Gasteiger partial charge in [0.05, 0.1) is 11.0 Å². The second-order valence-corrected chi connectivity index (χ2v) is 4.98. The van der Waals surface area contributed by atoms with Gasteiger partial charge >= 0.3 is 0 Å². The van der Waals surface area contributed by atoms with Crippen LogP contribution in [0.15, 0.2) is 17.5 Å². The lowest BCUT2D eigenvalue weighted by molar-refractivity contribution is -0.132. The van der Waals surface area contributed by atoms with Crippen molar-refractivity contribution < 1.29 is 4.79 Å². The molecule has 0 bridgehead atoms. The Morgan fingerprint density at radius 1 is 1.33 bits per heavy atom. The second kappa shape index (κ2) is 7.84. The van der Waals surface area contributed by atoms with Gasteiger partial charge in [-0.25, -0.2) is 0 Å². The summed E-state index contributed by atoms with van der Waals surface area (Å²) < 4.78 is 0. The zero-order chi connectivity index (χ0) is 11.5. The molecule has 104 valence electrons. The number of thiophene rings is 1. The molecular formula is C11H19Cl2N3OS. The van der Waals surface area contributed by atoms with E-state index < -0.39 is 0 Å². The monoisotopic (exact) mass is 311 g/mol. The lowest BCUT2D eigenvalue weighted by Gasteiger charge is -2.36. The second-order valence-electron chi connectivity index (χ2n) is 4.05. The number of carbonyl (C=O) groups excluding carboxylic acids is 1. The molecule has 0 aliphatic carbocycles. The summed E-state index contributed by atoms with van der Waals surface area (Å²) in [5.41, 5.74) is 5.59. The molecule has 1 atom stereocenters. The van der Waals surface area contributed by atoms with Crippen molar-refractivity contribution in [1.82, 2.24) is 4.90 Å². The van der Waals surface area contributed by atoms with Gasteiger partial charge in [-0.05, 0) is 24.4 Å². The minimum Gasteiger partial charge on any atom is -0.360 e. The highest BCUT2D eigenvalue weighted by Gasteiger charge is 2.23. The normalized spacial score (nSPS) is 16.6. The van der Waals surface area contributed by atoms with Crippen molar-refractivity contribution in [3.63, 3.8) is 0 Å². The Bertz CT molecular complexity index is 351. The third-order valence-electron chi connectivity index (χ3n) is 2.80. The fourth-order valence-corrected chi connectivity index (χ4v) is 2.67. The number of carbonyl (C=O) groups is 1. The molecule has 2 heterocycles. The fraction of sp³-hybridized carbons (Fsp3) is 0.545. The van der Waals surface area contributed by atoms with Gasteiger partial charge in [0.15, 0.2) is 0 Å². The van der Waals surface area contributed by atoms with Gasteiger partial charge in [0.25, 0.3) is 0 Å². The molecule has 0 saturated carbocycles. The van der Waals surface area contributed by atoms with Gasteiger partial charge in [-0.15, -0.1) is 36.2 Å². The van der Waals surface area contributed by atoms with Crippen molar-refractivity contribution in [2.24, 2.45) is 5.73 Å². The Labute approximate surface area is 124 Å². The smallest absolute Gasteiger partial charge is 0.239 e. The molecule has 0 spiro atoms. The number of amides is 1. The van der Waals surface area contributed by atoms with Crippen molar-refractivity contribution in [2.45, 2.75) is 13.0 Å². The third-order valence-corrected chi connectivity index (χ3v) is 3.73. The van der Waals surface area contributed by atoms with Crippen molar-refractivity contribution >= 4 is 47.1 Å². The van der Waals surface area contributed by atoms with Crippen LogP contribution in [0.4, 0.5) is 5.00 Å². The van der Waals surface area contributed by atoms with Crippen LogP contribution < -0.4 is 10.6 Å². The molecule has 0 unspecified atom stereocenters. The Morgan fingerprint density at radius 3 is 2.39 bits per heavy atom. The maximum atomic E-state index is 11.7. The van der Waals surface area contributed by atoms with E-state index in [0.29, 0.717) is 0 Å². The van der Waals surface area contributed by atoms with E-state index in [2.05, 4.69) is 22.4 Å². The van der Waals surface area contributed by atoms with E-state index in [4.69, 9.17) is 5.73 Å². The first-order valence-electron chi connectivity index (χ1n) is 5.51. The number of anilines is 1. The van der Waals surface area contributed by atoms with Crippen LogP contribution in [0.1, 0.15) is 6.92 Å². The number of rotatable bonds is 2. The minimum absolute atomic E-state index is 0.